The first-order valence-corrected chi connectivity index (χ1v) is 31.2. The number of para-hydroxylation sites is 4. The molecule has 0 saturated carbocycles. The number of benzene rings is 6. The van der Waals surface area contributed by atoms with Gasteiger partial charge in [0.1, 0.15) is 0 Å². The van der Waals surface area contributed by atoms with Crippen molar-refractivity contribution in [3.05, 3.63) is 187 Å². The van der Waals surface area contributed by atoms with Crippen molar-refractivity contribution < 1.29 is 44.5 Å². The number of nitrogens with zero attached hydrogens (tertiary/aromatic N) is 4. The number of rotatable bonds is 4. The number of fused-ring (bicyclic) bond motifs is 6. The van der Waals surface area contributed by atoms with Gasteiger partial charge in [-0.05, 0) is 157 Å². The summed E-state index contributed by atoms with van der Waals surface area (Å²) in [6, 6.07) is 37.1. The zero-order valence-electron chi connectivity index (χ0n) is 39.9. The van der Waals surface area contributed by atoms with Crippen molar-refractivity contribution in [2.24, 2.45) is 20.0 Å². The molecule has 0 fully saturated rings. The van der Waals surface area contributed by atoms with Crippen LogP contribution in [0.1, 0.15) is 96.2 Å². The molecular formula is C55H52Br2Cl2N4NiO4Pd. The second kappa shape index (κ2) is 20.9. The van der Waals surface area contributed by atoms with Crippen LogP contribution in [0.5, 0.6) is 0 Å². The van der Waals surface area contributed by atoms with E-state index in [1.807, 2.05) is 74.5 Å². The van der Waals surface area contributed by atoms with Crippen molar-refractivity contribution in [2.75, 3.05) is 0 Å². The molecule has 2 heterocycles. The van der Waals surface area contributed by atoms with Crippen LogP contribution >= 0.6 is 47.5 Å². The van der Waals surface area contributed by atoms with Gasteiger partial charge in [0, 0.05) is 5.41 Å². The minimum absolute atomic E-state index is 0.106. The first kappa shape index (κ1) is 51.3. The van der Waals surface area contributed by atoms with Crippen molar-refractivity contribution in [1.82, 2.24) is 0 Å². The van der Waals surface area contributed by atoms with Crippen molar-refractivity contribution >= 4 is 92.6 Å². The Balaban J connectivity index is 0.00000102. The van der Waals surface area contributed by atoms with Gasteiger partial charge in [-0.1, -0.05) is 100 Å². The summed E-state index contributed by atoms with van der Waals surface area (Å²) in [6.45, 7) is 21.7. The molecule has 8 nitrogen and oxygen atoms in total. The summed E-state index contributed by atoms with van der Waals surface area (Å²) in [7, 11) is 10.9. The summed E-state index contributed by atoms with van der Waals surface area (Å²) >= 11 is 5.89. The van der Waals surface area contributed by atoms with E-state index in [-0.39, 0.29) is 32.2 Å². The average molecular weight is 1230 g/mol. The molecule has 2 aliphatic carbocycles. The first-order chi connectivity index (χ1) is 32.9. The van der Waals surface area contributed by atoms with E-state index in [1.165, 1.54) is 33.2 Å². The molecule has 1 spiro atoms. The van der Waals surface area contributed by atoms with E-state index in [9.17, 15) is 0 Å². The Labute approximate surface area is 438 Å². The van der Waals surface area contributed by atoms with Gasteiger partial charge in [0.2, 0.25) is 0 Å². The fourth-order valence-electron chi connectivity index (χ4n) is 10.3. The molecule has 0 unspecified atom stereocenters. The number of hydrogen-bond acceptors (Lipinski definition) is 8. The SMILES string of the molecule is Cc1ccccc1N=c1oc2cc3c(cc2oc1=Nc1ccccc1C)[C@]1(CC3(C)C)CC(C)(C)c2cc3oc(=Nc4c(C)cccc4C)c(=Nc4c(C)cccc4C)oc3cc21.[Br][Ni][Br].[Cl][Pd][Cl]. The van der Waals surface area contributed by atoms with Crippen molar-refractivity contribution in [3.63, 3.8) is 0 Å². The maximum atomic E-state index is 6.91. The molecule has 0 N–H and O–H groups in total. The van der Waals surface area contributed by atoms with E-state index in [1.54, 1.807) is 0 Å². The Morgan fingerprint density at radius 2 is 0.725 bits per heavy atom. The fourth-order valence-corrected chi connectivity index (χ4v) is 10.3. The van der Waals surface area contributed by atoms with Crippen molar-refractivity contribution in [1.29, 1.82) is 0 Å². The quantitative estimate of drug-likeness (QED) is 0.164. The van der Waals surface area contributed by atoms with Crippen LogP contribution in [0.3, 0.4) is 0 Å². The van der Waals surface area contributed by atoms with Gasteiger partial charge >= 0.3 is 74.3 Å². The van der Waals surface area contributed by atoms with E-state index >= 15 is 0 Å². The summed E-state index contributed by atoms with van der Waals surface area (Å²) in [6.07, 6.45) is 1.76. The van der Waals surface area contributed by atoms with Crippen LogP contribution < -0.4 is 22.2 Å². The molecule has 2 aliphatic rings. The molecule has 10 rings (SSSR count). The van der Waals surface area contributed by atoms with E-state index in [2.05, 4.69) is 132 Å². The van der Waals surface area contributed by atoms with Gasteiger partial charge in [-0.2, -0.15) is 0 Å². The molecule has 0 radical (unpaired) electrons. The van der Waals surface area contributed by atoms with Crippen LogP contribution in [0.25, 0.3) is 22.3 Å². The third-order valence-corrected chi connectivity index (χ3v) is 13.3. The number of halogens is 4. The molecule has 14 heteroatoms. The summed E-state index contributed by atoms with van der Waals surface area (Å²) < 4.78 is 27.3. The predicted molar refractivity (Wildman–Crippen MR) is 278 cm³/mol. The number of hydrogen-bond donors (Lipinski definition) is 0. The van der Waals surface area contributed by atoms with E-state index in [0.29, 0.717) is 44.5 Å². The van der Waals surface area contributed by atoms with E-state index < -0.39 is 0 Å². The topological polar surface area (TPSA) is 102 Å². The molecule has 69 heavy (non-hydrogen) atoms. The van der Waals surface area contributed by atoms with Crippen LogP contribution in [-0.2, 0) is 43.1 Å². The summed E-state index contributed by atoms with van der Waals surface area (Å²) in [5.41, 5.74) is 17.3. The Morgan fingerprint density at radius 1 is 0.449 bits per heavy atom. The summed E-state index contributed by atoms with van der Waals surface area (Å²) in [5, 5.41) is 0. The molecule has 8 aromatic rings. The zero-order valence-corrected chi connectivity index (χ0v) is 47.1. The van der Waals surface area contributed by atoms with Crippen molar-refractivity contribution in [2.45, 2.75) is 98.3 Å². The van der Waals surface area contributed by atoms with E-state index in [0.717, 1.165) is 69.0 Å². The molecular weight excluding hydrogens is 1180 g/mol. The molecule has 0 amide bonds. The standard InChI is InChI=1S/C55H52N4O4.2BrH.2ClH.Ni.Pd/c1-31-17-11-13-23-41(31)56-49-50(57-42-24-14-12-18-32(42)2)61-45-27-39-37(25-43(45)60-49)53(7,8)29-55(39)30-54(9,10)38-26-44-46(28-40(38)55)63-52(59-48-35(5)21-16-22-36(48)6)51(62-44)58-47-33(3)19-15-20-34(47)4;;;;;;/h11-28H,29-30H2,1-10H3;4*1H;;/q;;;;;2*+2/p-4/t55-;;;;;;/m0....../s1. The Bertz CT molecular complexity index is 3540. The Hall–Kier alpha value is -4.10. The van der Waals surface area contributed by atoms with Crippen LogP contribution in [0.15, 0.2) is 147 Å². The molecule has 0 saturated heterocycles. The summed E-state index contributed by atoms with van der Waals surface area (Å²) in [4.78, 5) is 20.3. The van der Waals surface area contributed by atoms with Gasteiger partial charge in [-0.25, -0.2) is 20.0 Å². The number of aryl methyl sites for hydroxylation is 6. The van der Waals surface area contributed by atoms with Gasteiger partial charge < -0.3 is 17.7 Å². The normalized spacial score (nSPS) is 17.6. The van der Waals surface area contributed by atoms with Crippen LogP contribution in [0.4, 0.5) is 22.7 Å². The third kappa shape index (κ3) is 10.3. The molecule has 0 bridgehead atoms. The molecule has 0 aliphatic heterocycles. The minimum atomic E-state index is -0.367. The molecule has 364 valence electrons. The van der Waals surface area contributed by atoms with Gasteiger partial charge in [0.05, 0.1) is 22.7 Å². The second-order valence-corrected chi connectivity index (χ2v) is 26.5. The van der Waals surface area contributed by atoms with Crippen LogP contribution in [-0.4, -0.2) is 0 Å². The van der Waals surface area contributed by atoms with Crippen LogP contribution in [0, 0.1) is 41.5 Å². The Morgan fingerprint density at radius 3 is 1.04 bits per heavy atom. The predicted octanol–water partition coefficient (Wildman–Crippen LogP) is 15.9. The summed E-state index contributed by atoms with van der Waals surface area (Å²) in [5.74, 6) is 0. The average Bonchev–Trinajstić information content (AvgIpc) is 3.65. The van der Waals surface area contributed by atoms with Crippen LogP contribution in [0.2, 0.25) is 0 Å². The van der Waals surface area contributed by atoms with Gasteiger partial charge in [-0.3, -0.25) is 0 Å². The van der Waals surface area contributed by atoms with E-state index in [4.69, 9.17) is 56.7 Å². The maximum absolute atomic E-state index is 6.91. The second-order valence-electron chi connectivity index (χ2n) is 19.1. The van der Waals surface area contributed by atoms with Gasteiger partial charge in [0.15, 0.2) is 22.3 Å². The monoisotopic (exact) mass is 1220 g/mol. The van der Waals surface area contributed by atoms with Crippen molar-refractivity contribution in [3.8, 4) is 0 Å². The molecule has 1 atom stereocenters. The third-order valence-electron chi connectivity index (χ3n) is 13.3. The van der Waals surface area contributed by atoms with Gasteiger partial charge in [-0.15, -0.1) is 0 Å². The fraction of sp³-hybridized carbons (Fsp3) is 0.273. The molecule has 6 aromatic carbocycles. The van der Waals surface area contributed by atoms with Gasteiger partial charge in [0.25, 0.3) is 22.2 Å². The molecule has 2 aromatic heterocycles. The first-order valence-electron chi connectivity index (χ1n) is 22.3. The Kier molecular flexibility index (Phi) is 15.5. The zero-order chi connectivity index (χ0) is 49.4.